The molecule has 0 spiro atoms. The summed E-state index contributed by atoms with van der Waals surface area (Å²) in [6.45, 7) is 4.39. The molecule has 0 aliphatic rings. The van der Waals surface area contributed by atoms with Crippen molar-refractivity contribution in [1.29, 1.82) is 0 Å². The Bertz CT molecular complexity index is 1680. The number of unbranched alkanes of at least 4 members (excludes halogenated alkanes) is 9. The summed E-state index contributed by atoms with van der Waals surface area (Å²) < 4.78 is 79.2. The normalized spacial score (nSPS) is 11.7. The Morgan fingerprint density at radius 3 is 1.15 bits per heavy atom. The number of hydrogen-bond acceptors (Lipinski definition) is 6. The first-order chi connectivity index (χ1) is 21.0. The molecule has 46 heavy (non-hydrogen) atoms. The fourth-order valence-corrected chi connectivity index (χ4v) is 7.11. The van der Waals surface area contributed by atoms with Crippen LogP contribution in [0.5, 0.6) is 11.5 Å². The summed E-state index contributed by atoms with van der Waals surface area (Å²) in [6, 6.07) is 17.8. The molecule has 0 bridgehead atoms. The predicted octanol–water partition coefficient (Wildman–Crippen LogP) is 7.17. The summed E-state index contributed by atoms with van der Waals surface area (Å²) >= 11 is 0. The van der Waals surface area contributed by atoms with Crippen LogP contribution in [0.2, 0.25) is 0 Å². The Morgan fingerprint density at radius 1 is 0.522 bits per heavy atom. The fourth-order valence-electron chi connectivity index (χ4n) is 5.67. The molecule has 0 aliphatic heterocycles. The molecule has 4 aromatic rings. The van der Waals surface area contributed by atoms with Crippen LogP contribution < -0.4 is 9.47 Å². The molecular formula is C34H44Na2O8S2. The van der Waals surface area contributed by atoms with Crippen molar-refractivity contribution in [3.8, 4) is 11.5 Å². The van der Waals surface area contributed by atoms with Crippen LogP contribution in [0.15, 0.2) is 70.5 Å². The van der Waals surface area contributed by atoms with Crippen molar-refractivity contribution in [2.75, 3.05) is 13.2 Å². The van der Waals surface area contributed by atoms with Crippen LogP contribution in [0.25, 0.3) is 21.5 Å². The first kappa shape index (κ1) is 41.0. The molecule has 0 saturated heterocycles. The van der Waals surface area contributed by atoms with Crippen LogP contribution in [0.1, 0.15) is 75.3 Å². The van der Waals surface area contributed by atoms with Gasteiger partial charge in [0.15, 0.2) is 0 Å². The van der Waals surface area contributed by atoms with Gasteiger partial charge in [-0.2, -0.15) is 16.8 Å². The van der Waals surface area contributed by atoms with E-state index < -0.39 is 20.2 Å². The van der Waals surface area contributed by atoms with Crippen LogP contribution in [0.3, 0.4) is 0 Å². The summed E-state index contributed by atoms with van der Waals surface area (Å²) in [4.78, 5) is -0.376. The molecule has 0 aliphatic carbocycles. The minimum atomic E-state index is -4.41. The quantitative estimate of drug-likeness (QED) is 0.0679. The zero-order chi connectivity index (χ0) is 31.7. The Labute approximate surface area is 317 Å². The third-order valence-corrected chi connectivity index (χ3v) is 9.74. The minimum absolute atomic E-state index is 0. The van der Waals surface area contributed by atoms with Crippen molar-refractivity contribution in [2.24, 2.45) is 0 Å². The van der Waals surface area contributed by atoms with E-state index in [-0.39, 0.29) is 80.4 Å². The Kier molecular flexibility index (Phi) is 17.0. The van der Waals surface area contributed by atoms with Crippen LogP contribution >= 0.6 is 0 Å². The van der Waals surface area contributed by atoms with Gasteiger partial charge in [0, 0.05) is 11.1 Å². The summed E-state index contributed by atoms with van der Waals surface area (Å²) in [5.41, 5.74) is 1.41. The monoisotopic (exact) mass is 690 g/mol. The molecule has 0 atom stereocenters. The molecule has 0 fully saturated rings. The van der Waals surface area contributed by atoms with E-state index in [0.29, 0.717) is 24.3 Å². The van der Waals surface area contributed by atoms with Crippen molar-refractivity contribution >= 4 is 101 Å². The van der Waals surface area contributed by atoms with Crippen molar-refractivity contribution in [1.82, 2.24) is 0 Å². The van der Waals surface area contributed by atoms with Gasteiger partial charge >= 0.3 is 59.1 Å². The second kappa shape index (κ2) is 19.1. The predicted molar refractivity (Wildman–Crippen MR) is 188 cm³/mol. The standard InChI is InChI=1S/C34H42O8S2.2Na.2H/c1-25-29-19-13-11-17-27(29)23-31(43(35,36)37)33(25)41-21-15-9-7-5-3-4-6-8-10-16-22-42-34-26(2)30-20-14-12-18-28(30)24-32(34)44(38,39)40;;;;/h11-14,17-20,23-24H,3-10,15-16,21-22H2,1-2H3,(H,35,36,37)(H,38,39,40);;;;. The fraction of sp³-hybridized carbons (Fsp3) is 0.412. The number of rotatable bonds is 17. The van der Waals surface area contributed by atoms with Gasteiger partial charge in [0.1, 0.15) is 21.3 Å². The number of fused-ring (bicyclic) bond motifs is 2. The van der Waals surface area contributed by atoms with Crippen molar-refractivity contribution in [3.63, 3.8) is 0 Å². The molecule has 2 N–H and O–H groups in total. The van der Waals surface area contributed by atoms with Crippen LogP contribution in [-0.2, 0) is 20.2 Å². The number of ether oxygens (including phenoxy) is 2. The first-order valence-corrected chi connectivity index (χ1v) is 18.1. The molecule has 12 heteroatoms. The maximum atomic E-state index is 12.0. The summed E-state index contributed by atoms with van der Waals surface area (Å²) in [5, 5.41) is 3.27. The van der Waals surface area contributed by atoms with Gasteiger partial charge < -0.3 is 9.47 Å². The molecule has 0 heterocycles. The Morgan fingerprint density at radius 2 is 0.826 bits per heavy atom. The summed E-state index contributed by atoms with van der Waals surface area (Å²) in [7, 11) is -8.81. The van der Waals surface area contributed by atoms with E-state index in [2.05, 4.69) is 0 Å². The zero-order valence-corrected chi connectivity index (χ0v) is 27.1. The Hall–Kier alpha value is -1.18. The molecule has 8 nitrogen and oxygen atoms in total. The third kappa shape index (κ3) is 11.2. The molecule has 242 valence electrons. The second-order valence-corrected chi connectivity index (χ2v) is 14.1. The molecule has 0 saturated carbocycles. The molecule has 0 amide bonds. The van der Waals surface area contributed by atoms with Gasteiger partial charge in [-0.25, -0.2) is 0 Å². The van der Waals surface area contributed by atoms with Gasteiger partial charge in [0.05, 0.1) is 13.2 Å². The van der Waals surface area contributed by atoms with Gasteiger partial charge in [0.2, 0.25) is 0 Å². The van der Waals surface area contributed by atoms with Crippen LogP contribution in [-0.4, -0.2) is 98.3 Å². The average Bonchev–Trinajstić information content (AvgIpc) is 2.98. The average molecular weight is 691 g/mol. The van der Waals surface area contributed by atoms with E-state index in [1.165, 1.54) is 12.1 Å². The molecule has 0 radical (unpaired) electrons. The van der Waals surface area contributed by atoms with Crippen LogP contribution in [0.4, 0.5) is 0 Å². The van der Waals surface area contributed by atoms with E-state index in [9.17, 15) is 25.9 Å². The van der Waals surface area contributed by atoms with Gasteiger partial charge in [-0.1, -0.05) is 99.9 Å². The maximum absolute atomic E-state index is 12.0. The van der Waals surface area contributed by atoms with Gasteiger partial charge in [-0.05, 0) is 60.4 Å². The SMILES string of the molecule is Cc1c(OCCCCCCCCCCCCOc2c(S(=O)(=O)O)cc3ccccc3c2C)c(S(=O)(=O)O)cc2ccccc12.[NaH].[NaH]. The van der Waals surface area contributed by atoms with E-state index in [1.54, 1.807) is 0 Å². The van der Waals surface area contributed by atoms with E-state index in [4.69, 9.17) is 9.47 Å². The van der Waals surface area contributed by atoms with Crippen molar-refractivity contribution < 1.29 is 35.4 Å². The topological polar surface area (TPSA) is 127 Å². The molecule has 4 aromatic carbocycles. The van der Waals surface area contributed by atoms with Gasteiger partial charge in [-0.3, -0.25) is 9.11 Å². The molecule has 4 rings (SSSR count). The van der Waals surface area contributed by atoms with Crippen molar-refractivity contribution in [3.05, 3.63) is 71.8 Å². The van der Waals surface area contributed by atoms with Crippen molar-refractivity contribution in [2.45, 2.75) is 87.8 Å². The van der Waals surface area contributed by atoms with Gasteiger partial charge in [-0.15, -0.1) is 0 Å². The molecule has 0 aromatic heterocycles. The number of benzene rings is 4. The van der Waals surface area contributed by atoms with E-state index >= 15 is 0 Å². The summed E-state index contributed by atoms with van der Waals surface area (Å²) in [6.07, 6.45) is 10.2. The zero-order valence-electron chi connectivity index (χ0n) is 25.4. The molecular weight excluding hydrogens is 646 g/mol. The van der Waals surface area contributed by atoms with E-state index in [1.807, 2.05) is 62.4 Å². The van der Waals surface area contributed by atoms with Gasteiger partial charge in [0.25, 0.3) is 20.2 Å². The second-order valence-electron chi connectivity index (χ2n) is 11.3. The molecule has 0 unspecified atom stereocenters. The Balaban J connectivity index is 0.00000368. The number of hydrogen-bond donors (Lipinski definition) is 2. The number of aryl methyl sites for hydroxylation is 2. The van der Waals surface area contributed by atoms with E-state index in [0.717, 1.165) is 85.8 Å². The van der Waals surface area contributed by atoms with Crippen LogP contribution in [0, 0.1) is 13.8 Å². The third-order valence-electron chi connectivity index (χ3n) is 8.02. The summed E-state index contributed by atoms with van der Waals surface area (Å²) in [5.74, 6) is 0.450. The first-order valence-electron chi connectivity index (χ1n) is 15.2.